The van der Waals surface area contributed by atoms with Gasteiger partial charge in [-0.05, 0) is 75.9 Å². The molecule has 1 aromatic heterocycles. The van der Waals surface area contributed by atoms with Crippen molar-refractivity contribution in [1.29, 1.82) is 0 Å². The molecule has 0 saturated carbocycles. The van der Waals surface area contributed by atoms with Crippen LogP contribution in [0.15, 0.2) is 42.6 Å². The van der Waals surface area contributed by atoms with Gasteiger partial charge in [-0.2, -0.15) is 0 Å². The van der Waals surface area contributed by atoms with Crippen molar-refractivity contribution in [3.05, 3.63) is 59.7 Å². The predicted molar refractivity (Wildman–Crippen MR) is 104 cm³/mol. The molecule has 0 radical (unpaired) electrons. The van der Waals surface area contributed by atoms with E-state index in [2.05, 4.69) is 23.7 Å². The molecule has 0 N–H and O–H groups in total. The number of aryl methyl sites for hydroxylation is 1. The third-order valence-corrected chi connectivity index (χ3v) is 5.99. The summed E-state index contributed by atoms with van der Waals surface area (Å²) in [7, 11) is 0. The van der Waals surface area contributed by atoms with Crippen molar-refractivity contribution in [1.82, 2.24) is 9.88 Å². The third kappa shape index (κ3) is 3.31. The van der Waals surface area contributed by atoms with Crippen LogP contribution >= 0.6 is 0 Å². The molecule has 2 aliphatic rings. The van der Waals surface area contributed by atoms with E-state index in [1.807, 2.05) is 36.1 Å². The highest BCUT2D eigenvalue weighted by atomic mass is 19.1. The molecule has 0 aliphatic carbocycles. The van der Waals surface area contributed by atoms with Crippen molar-refractivity contribution in [2.45, 2.75) is 45.2 Å². The van der Waals surface area contributed by atoms with Gasteiger partial charge in [-0.25, -0.2) is 4.39 Å². The van der Waals surface area contributed by atoms with Gasteiger partial charge in [0, 0.05) is 42.2 Å². The Morgan fingerprint density at radius 3 is 2.59 bits per heavy atom. The number of pyridine rings is 1. The summed E-state index contributed by atoms with van der Waals surface area (Å²) in [4.78, 5) is 21.5. The molecule has 3 heterocycles. The van der Waals surface area contributed by atoms with Crippen molar-refractivity contribution in [3.63, 3.8) is 0 Å². The van der Waals surface area contributed by atoms with Crippen LogP contribution < -0.4 is 4.90 Å². The molecule has 0 spiro atoms. The number of likely N-dealkylation sites (tertiary alicyclic amines) is 1. The first-order valence-corrected chi connectivity index (χ1v) is 9.62. The highest BCUT2D eigenvalue weighted by molar-refractivity contribution is 5.94. The van der Waals surface area contributed by atoms with Crippen molar-refractivity contribution in [3.8, 4) is 0 Å². The van der Waals surface area contributed by atoms with Crippen LogP contribution in [0.4, 0.5) is 10.1 Å². The molecule has 27 heavy (non-hydrogen) atoms. The Morgan fingerprint density at radius 2 is 1.93 bits per heavy atom. The molecule has 4 nitrogen and oxygen atoms in total. The summed E-state index contributed by atoms with van der Waals surface area (Å²) >= 11 is 0. The van der Waals surface area contributed by atoms with Crippen LogP contribution in [0.5, 0.6) is 0 Å². The first-order valence-electron chi connectivity index (χ1n) is 9.62. The highest BCUT2D eigenvalue weighted by Crippen LogP contribution is 2.44. The number of nitrogens with zero attached hydrogens (tertiary/aromatic N) is 3. The van der Waals surface area contributed by atoms with E-state index in [1.54, 1.807) is 6.20 Å². The number of carbonyl (C=O) groups is 1. The van der Waals surface area contributed by atoms with Crippen LogP contribution in [-0.4, -0.2) is 40.5 Å². The lowest BCUT2D eigenvalue weighted by Crippen LogP contribution is -2.50. The van der Waals surface area contributed by atoms with Crippen LogP contribution in [0, 0.1) is 18.7 Å². The van der Waals surface area contributed by atoms with Crippen LogP contribution in [0.2, 0.25) is 0 Å². The molecule has 1 aromatic carbocycles. The van der Waals surface area contributed by atoms with Gasteiger partial charge in [-0.15, -0.1) is 0 Å². The SMILES string of the molecule is Cc1ccc(C(=O)N2CC[C@H]3[C@@H](C2)CC(C)(C)N3c2ccc(F)cc2)cn1. The molecule has 142 valence electrons. The Kier molecular flexibility index (Phi) is 4.41. The quantitative estimate of drug-likeness (QED) is 0.803. The predicted octanol–water partition coefficient (Wildman–Crippen LogP) is 4.05. The Labute approximate surface area is 160 Å². The maximum Gasteiger partial charge on any atom is 0.255 e. The average Bonchev–Trinajstić information content (AvgIpc) is 2.91. The molecule has 2 fully saturated rings. The number of benzene rings is 1. The number of hydrogen-bond donors (Lipinski definition) is 0. The van der Waals surface area contributed by atoms with Gasteiger partial charge in [-0.3, -0.25) is 9.78 Å². The zero-order valence-electron chi connectivity index (χ0n) is 16.2. The van der Waals surface area contributed by atoms with E-state index in [0.717, 1.165) is 37.3 Å². The van der Waals surface area contributed by atoms with Gasteiger partial charge < -0.3 is 9.80 Å². The van der Waals surface area contributed by atoms with Gasteiger partial charge in [0.2, 0.25) is 0 Å². The molecule has 2 aromatic rings. The first kappa shape index (κ1) is 18.0. The summed E-state index contributed by atoms with van der Waals surface area (Å²) in [5.41, 5.74) is 2.62. The zero-order chi connectivity index (χ0) is 19.2. The number of fused-ring (bicyclic) bond motifs is 1. The van der Waals surface area contributed by atoms with Crippen LogP contribution in [0.25, 0.3) is 0 Å². The Hall–Kier alpha value is -2.43. The molecule has 2 atom stereocenters. The Morgan fingerprint density at radius 1 is 1.19 bits per heavy atom. The van der Waals surface area contributed by atoms with Crippen molar-refractivity contribution < 1.29 is 9.18 Å². The second-order valence-electron chi connectivity index (χ2n) is 8.42. The largest absolute Gasteiger partial charge is 0.363 e. The lowest BCUT2D eigenvalue weighted by atomic mass is 9.89. The van der Waals surface area contributed by atoms with Gasteiger partial charge in [0.25, 0.3) is 5.91 Å². The summed E-state index contributed by atoms with van der Waals surface area (Å²) in [6.45, 7) is 7.90. The number of amides is 1. The molecule has 0 unspecified atom stereocenters. The standard InChI is InChI=1S/C22H26FN3O/c1-15-4-5-16(13-24-15)21(27)25-11-10-20-17(14-25)12-22(2,3)26(20)19-8-6-18(23)7-9-19/h4-9,13,17,20H,10-12,14H2,1-3H3/t17-,20+/m1/s1. The summed E-state index contributed by atoms with van der Waals surface area (Å²) in [5.74, 6) is 0.277. The Balaban J connectivity index is 1.53. The maximum absolute atomic E-state index is 13.4. The van der Waals surface area contributed by atoms with Gasteiger partial charge >= 0.3 is 0 Å². The first-order chi connectivity index (χ1) is 12.8. The average molecular weight is 367 g/mol. The molecular weight excluding hydrogens is 341 g/mol. The van der Waals surface area contributed by atoms with E-state index in [4.69, 9.17) is 0 Å². The van der Waals surface area contributed by atoms with Gasteiger partial charge in [0.1, 0.15) is 5.82 Å². The number of rotatable bonds is 2. The molecule has 5 heteroatoms. The molecule has 2 saturated heterocycles. The summed E-state index contributed by atoms with van der Waals surface area (Å²) in [6.07, 6.45) is 3.62. The number of piperidine rings is 1. The maximum atomic E-state index is 13.4. The molecule has 0 bridgehead atoms. The fourth-order valence-corrected chi connectivity index (χ4v) is 4.85. The van der Waals surface area contributed by atoms with E-state index < -0.39 is 0 Å². The fourth-order valence-electron chi connectivity index (χ4n) is 4.85. The summed E-state index contributed by atoms with van der Waals surface area (Å²) in [5, 5.41) is 0. The van der Waals surface area contributed by atoms with E-state index >= 15 is 0 Å². The summed E-state index contributed by atoms with van der Waals surface area (Å²) in [6, 6.07) is 10.9. The van der Waals surface area contributed by atoms with E-state index in [0.29, 0.717) is 17.5 Å². The molecular formula is C22H26FN3O. The lowest BCUT2D eigenvalue weighted by molar-refractivity contribution is 0.0667. The van der Waals surface area contributed by atoms with Crippen LogP contribution in [0.3, 0.4) is 0 Å². The van der Waals surface area contributed by atoms with Crippen LogP contribution in [-0.2, 0) is 0 Å². The molecule has 4 rings (SSSR count). The van der Waals surface area contributed by atoms with E-state index in [1.165, 1.54) is 12.1 Å². The highest BCUT2D eigenvalue weighted by Gasteiger charge is 2.48. The second-order valence-corrected chi connectivity index (χ2v) is 8.42. The topological polar surface area (TPSA) is 36.4 Å². The van der Waals surface area contributed by atoms with Crippen molar-refractivity contribution in [2.75, 3.05) is 18.0 Å². The monoisotopic (exact) mass is 367 g/mol. The minimum absolute atomic E-state index is 0.0162. The zero-order valence-corrected chi connectivity index (χ0v) is 16.2. The third-order valence-electron chi connectivity index (χ3n) is 5.99. The number of aromatic nitrogens is 1. The fraction of sp³-hybridized carbons (Fsp3) is 0.455. The van der Waals surface area contributed by atoms with Gasteiger partial charge in [0.15, 0.2) is 0 Å². The van der Waals surface area contributed by atoms with Crippen molar-refractivity contribution in [2.24, 2.45) is 5.92 Å². The lowest BCUT2D eigenvalue weighted by Gasteiger charge is -2.41. The molecule has 1 amide bonds. The number of anilines is 1. The molecule has 2 aliphatic heterocycles. The van der Waals surface area contributed by atoms with Crippen LogP contribution in [0.1, 0.15) is 42.7 Å². The summed E-state index contributed by atoms with van der Waals surface area (Å²) < 4.78 is 13.4. The normalized spacial score (nSPS) is 24.0. The second kappa shape index (κ2) is 6.63. The number of carbonyl (C=O) groups excluding carboxylic acids is 1. The van der Waals surface area contributed by atoms with E-state index in [9.17, 15) is 9.18 Å². The van der Waals surface area contributed by atoms with Gasteiger partial charge in [-0.1, -0.05) is 0 Å². The smallest absolute Gasteiger partial charge is 0.255 e. The van der Waals surface area contributed by atoms with Crippen molar-refractivity contribution >= 4 is 11.6 Å². The Bertz CT molecular complexity index is 832. The minimum Gasteiger partial charge on any atom is -0.363 e. The van der Waals surface area contributed by atoms with Gasteiger partial charge in [0.05, 0.1) is 5.56 Å². The van der Waals surface area contributed by atoms with E-state index in [-0.39, 0.29) is 17.3 Å². The number of halogens is 1. The minimum atomic E-state index is -0.209. The number of hydrogen-bond acceptors (Lipinski definition) is 3.